The van der Waals surface area contributed by atoms with Crippen molar-refractivity contribution in [3.63, 3.8) is 0 Å². The Balaban J connectivity index is 1.77. The highest BCUT2D eigenvalue weighted by Gasteiger charge is 2.39. The maximum absolute atomic E-state index is 12.4. The lowest BCUT2D eigenvalue weighted by Gasteiger charge is -2.34. The number of primary amides is 1. The Bertz CT molecular complexity index is 673. The highest BCUT2D eigenvalue weighted by atomic mass is 32.1. The Kier molecular flexibility index (Phi) is 4.26. The molecule has 0 aliphatic heterocycles. The minimum Gasteiger partial charge on any atom is -0.368 e. The summed E-state index contributed by atoms with van der Waals surface area (Å²) in [4.78, 5) is 29.7. The molecule has 22 heavy (non-hydrogen) atoms. The molecule has 1 aliphatic carbocycles. The molecule has 0 bridgehead atoms. The predicted octanol–water partition coefficient (Wildman–Crippen LogP) is 2.79. The quantitative estimate of drug-likeness (QED) is 0.901. The molecule has 5 nitrogen and oxygen atoms in total. The highest BCUT2D eigenvalue weighted by molar-refractivity contribution is 7.20. The zero-order chi connectivity index (χ0) is 15.6. The van der Waals surface area contributed by atoms with Crippen molar-refractivity contribution in [3.8, 4) is 9.88 Å². The van der Waals surface area contributed by atoms with Crippen LogP contribution in [0, 0.1) is 0 Å². The smallest absolute Gasteiger partial charge is 0.271 e. The van der Waals surface area contributed by atoms with Crippen LogP contribution in [0.25, 0.3) is 9.88 Å². The van der Waals surface area contributed by atoms with E-state index < -0.39 is 11.4 Å². The van der Waals surface area contributed by atoms with Crippen LogP contribution in [-0.2, 0) is 4.79 Å². The van der Waals surface area contributed by atoms with Crippen LogP contribution >= 0.6 is 22.7 Å². The van der Waals surface area contributed by atoms with E-state index in [1.807, 2.05) is 17.5 Å². The van der Waals surface area contributed by atoms with Gasteiger partial charge in [0.2, 0.25) is 5.91 Å². The second-order valence-corrected chi connectivity index (χ2v) is 7.28. The first-order valence-electron chi connectivity index (χ1n) is 7.22. The van der Waals surface area contributed by atoms with Crippen molar-refractivity contribution in [1.82, 2.24) is 10.3 Å². The van der Waals surface area contributed by atoms with Crippen LogP contribution in [0.2, 0.25) is 0 Å². The molecule has 0 saturated heterocycles. The molecule has 2 aromatic rings. The van der Waals surface area contributed by atoms with E-state index in [-0.39, 0.29) is 5.91 Å². The Morgan fingerprint density at radius 2 is 2.00 bits per heavy atom. The van der Waals surface area contributed by atoms with Gasteiger partial charge in [-0.05, 0) is 24.3 Å². The van der Waals surface area contributed by atoms with Gasteiger partial charge >= 0.3 is 0 Å². The second kappa shape index (κ2) is 6.18. The fourth-order valence-corrected chi connectivity index (χ4v) is 4.38. The summed E-state index contributed by atoms with van der Waals surface area (Å²) in [5, 5.41) is 7.35. The third-order valence-electron chi connectivity index (χ3n) is 4.00. The van der Waals surface area contributed by atoms with Gasteiger partial charge in [0.15, 0.2) is 0 Å². The van der Waals surface area contributed by atoms with Crippen LogP contribution in [0.1, 0.15) is 42.6 Å². The van der Waals surface area contributed by atoms with Crippen LogP contribution in [0.15, 0.2) is 22.9 Å². The van der Waals surface area contributed by atoms with Crippen molar-refractivity contribution in [2.45, 2.75) is 37.6 Å². The van der Waals surface area contributed by atoms with Crippen LogP contribution < -0.4 is 11.1 Å². The van der Waals surface area contributed by atoms with E-state index in [9.17, 15) is 9.59 Å². The fourth-order valence-electron chi connectivity index (χ4n) is 2.76. The lowest BCUT2D eigenvalue weighted by molar-refractivity contribution is -0.125. The molecule has 116 valence electrons. The number of thiophene rings is 1. The number of hydrogen-bond donors (Lipinski definition) is 2. The van der Waals surface area contributed by atoms with Gasteiger partial charge in [-0.3, -0.25) is 9.59 Å². The molecule has 7 heteroatoms. The molecule has 0 atom stereocenters. The molecule has 1 aliphatic rings. The van der Waals surface area contributed by atoms with Crippen molar-refractivity contribution in [2.24, 2.45) is 5.73 Å². The van der Waals surface area contributed by atoms with E-state index in [1.165, 1.54) is 11.3 Å². The molecule has 1 saturated carbocycles. The van der Waals surface area contributed by atoms with Crippen molar-refractivity contribution in [3.05, 3.63) is 28.6 Å². The van der Waals surface area contributed by atoms with Crippen LogP contribution in [0.5, 0.6) is 0 Å². The van der Waals surface area contributed by atoms with Gasteiger partial charge in [-0.1, -0.05) is 25.3 Å². The summed E-state index contributed by atoms with van der Waals surface area (Å²) in [6.07, 6.45) is 4.09. The van der Waals surface area contributed by atoms with Crippen LogP contribution in [0.4, 0.5) is 0 Å². The molecule has 2 aromatic heterocycles. The third-order valence-corrected chi connectivity index (χ3v) is 5.88. The van der Waals surface area contributed by atoms with Gasteiger partial charge in [0, 0.05) is 5.38 Å². The average Bonchev–Trinajstić information content (AvgIpc) is 3.19. The SMILES string of the molecule is NC(=O)C1(NC(=O)c2csc(-c3cccs3)n2)CCCCC1. The standard InChI is InChI=1S/C15H17N3O2S2/c16-14(20)15(6-2-1-3-7-15)18-12(19)10-9-22-13(17-10)11-5-4-8-21-11/h4-5,8-9H,1-3,6-7H2,(H2,16,20)(H,18,19). The molecule has 0 aromatic carbocycles. The summed E-state index contributed by atoms with van der Waals surface area (Å²) < 4.78 is 0. The first kappa shape index (κ1) is 15.2. The normalized spacial score (nSPS) is 17.1. The van der Waals surface area contributed by atoms with Gasteiger partial charge in [0.05, 0.1) is 4.88 Å². The second-order valence-electron chi connectivity index (χ2n) is 5.48. The minimum atomic E-state index is -0.915. The topological polar surface area (TPSA) is 85.1 Å². The molecule has 0 spiro atoms. The van der Waals surface area contributed by atoms with E-state index >= 15 is 0 Å². The van der Waals surface area contributed by atoms with Crippen molar-refractivity contribution in [1.29, 1.82) is 0 Å². The summed E-state index contributed by atoms with van der Waals surface area (Å²) in [6.45, 7) is 0. The van der Waals surface area contributed by atoms with Gasteiger partial charge < -0.3 is 11.1 Å². The van der Waals surface area contributed by atoms with Gasteiger partial charge in [-0.25, -0.2) is 4.98 Å². The largest absolute Gasteiger partial charge is 0.368 e. The molecule has 1 fully saturated rings. The van der Waals surface area contributed by atoms with E-state index in [4.69, 9.17) is 5.73 Å². The monoisotopic (exact) mass is 335 g/mol. The van der Waals surface area contributed by atoms with Crippen LogP contribution in [0.3, 0.4) is 0 Å². The molecule has 2 heterocycles. The maximum atomic E-state index is 12.4. The zero-order valence-corrected chi connectivity index (χ0v) is 13.6. The molecular formula is C15H17N3O2S2. The number of nitrogens with zero attached hydrogens (tertiary/aromatic N) is 1. The molecule has 2 amide bonds. The number of amides is 2. The lowest BCUT2D eigenvalue weighted by Crippen LogP contribution is -2.58. The molecule has 3 N–H and O–H groups in total. The summed E-state index contributed by atoms with van der Waals surface area (Å²) in [5.41, 5.74) is 4.97. The lowest BCUT2D eigenvalue weighted by atomic mass is 9.81. The summed E-state index contributed by atoms with van der Waals surface area (Å²) in [7, 11) is 0. The van der Waals surface area contributed by atoms with E-state index in [2.05, 4.69) is 10.3 Å². The highest BCUT2D eigenvalue weighted by Crippen LogP contribution is 2.30. The first-order valence-corrected chi connectivity index (χ1v) is 8.98. The van der Waals surface area contributed by atoms with Crippen LogP contribution in [-0.4, -0.2) is 22.3 Å². The minimum absolute atomic E-state index is 0.320. The fraction of sp³-hybridized carbons (Fsp3) is 0.400. The molecule has 3 rings (SSSR count). The number of nitrogens with two attached hydrogens (primary N) is 1. The van der Waals surface area contributed by atoms with Gasteiger partial charge in [0.25, 0.3) is 5.91 Å². The Morgan fingerprint density at radius 1 is 1.23 bits per heavy atom. The van der Waals surface area contributed by atoms with E-state index in [1.54, 1.807) is 16.7 Å². The average molecular weight is 335 g/mol. The number of carbonyl (C=O) groups is 2. The number of thiazole rings is 1. The number of carbonyl (C=O) groups excluding carboxylic acids is 2. The van der Waals surface area contributed by atoms with Gasteiger partial charge in [0.1, 0.15) is 16.2 Å². The Labute approximate surface area is 136 Å². The zero-order valence-electron chi connectivity index (χ0n) is 12.0. The summed E-state index contributed by atoms with van der Waals surface area (Å²) in [6, 6.07) is 3.92. The first-order chi connectivity index (χ1) is 10.6. The maximum Gasteiger partial charge on any atom is 0.271 e. The molecule has 0 unspecified atom stereocenters. The Morgan fingerprint density at radius 3 is 2.64 bits per heavy atom. The summed E-state index contributed by atoms with van der Waals surface area (Å²) in [5.74, 6) is -0.769. The molecule has 0 radical (unpaired) electrons. The van der Waals surface area contributed by atoms with Crippen molar-refractivity contribution in [2.75, 3.05) is 0 Å². The van der Waals surface area contributed by atoms with Crippen molar-refractivity contribution < 1.29 is 9.59 Å². The van der Waals surface area contributed by atoms with Crippen molar-refractivity contribution >= 4 is 34.5 Å². The number of rotatable bonds is 4. The molecular weight excluding hydrogens is 318 g/mol. The summed E-state index contributed by atoms with van der Waals surface area (Å²) >= 11 is 3.01. The third kappa shape index (κ3) is 2.91. The van der Waals surface area contributed by atoms with Gasteiger partial charge in [-0.15, -0.1) is 22.7 Å². The number of nitrogens with one attached hydrogen (secondary N) is 1. The number of aromatic nitrogens is 1. The predicted molar refractivity (Wildman–Crippen MR) is 87.9 cm³/mol. The van der Waals surface area contributed by atoms with E-state index in [0.717, 1.165) is 29.1 Å². The van der Waals surface area contributed by atoms with E-state index in [0.29, 0.717) is 18.5 Å². The number of hydrogen-bond acceptors (Lipinski definition) is 5. The van der Waals surface area contributed by atoms with Gasteiger partial charge in [-0.2, -0.15) is 0 Å². The Hall–Kier alpha value is -1.73.